The number of thiazole rings is 1. The van der Waals surface area contributed by atoms with Gasteiger partial charge < -0.3 is 10.4 Å². The Morgan fingerprint density at radius 1 is 1.43 bits per heavy atom. The number of fused-ring (bicyclic) bond motifs is 3. The second-order valence-corrected chi connectivity index (χ2v) is 7.10. The molecule has 0 radical (unpaired) electrons. The van der Waals surface area contributed by atoms with Crippen LogP contribution in [0.4, 0.5) is 5.69 Å². The van der Waals surface area contributed by atoms with Gasteiger partial charge in [0.25, 0.3) is 0 Å². The average molecular weight is 319 g/mol. The number of thioether (sulfide) groups is 1. The van der Waals surface area contributed by atoms with Gasteiger partial charge in [0.2, 0.25) is 0 Å². The lowest BCUT2D eigenvalue weighted by molar-refractivity contribution is -0.137. The predicted molar refractivity (Wildman–Crippen MR) is 86.8 cm³/mol. The summed E-state index contributed by atoms with van der Waals surface area (Å²) < 4.78 is 1.21. The number of carboxylic acid groups (broad SMARTS) is 1. The van der Waals surface area contributed by atoms with Crippen molar-refractivity contribution in [1.29, 1.82) is 0 Å². The summed E-state index contributed by atoms with van der Waals surface area (Å²) in [6.07, 6.45) is 2.20. The topological polar surface area (TPSA) is 74.6 Å². The fourth-order valence-electron chi connectivity index (χ4n) is 2.66. The molecule has 5 nitrogen and oxygen atoms in total. The number of hydrogen-bond acceptors (Lipinski definition) is 6. The zero-order valence-electron chi connectivity index (χ0n) is 11.1. The van der Waals surface area contributed by atoms with Crippen LogP contribution in [0.25, 0.3) is 10.2 Å². The Morgan fingerprint density at radius 3 is 3.14 bits per heavy atom. The summed E-state index contributed by atoms with van der Waals surface area (Å²) >= 11 is 3.11. The quantitative estimate of drug-likeness (QED) is 0.890. The van der Waals surface area contributed by atoms with Crippen LogP contribution < -0.4 is 5.32 Å². The minimum atomic E-state index is -0.861. The Bertz CT molecular complexity index is 769. The molecule has 2 aliphatic heterocycles. The van der Waals surface area contributed by atoms with Crippen LogP contribution in [0.2, 0.25) is 0 Å². The first-order valence-corrected chi connectivity index (χ1v) is 8.62. The molecule has 0 saturated heterocycles. The highest BCUT2D eigenvalue weighted by atomic mass is 32.2. The van der Waals surface area contributed by atoms with E-state index >= 15 is 0 Å². The molecule has 2 aliphatic rings. The largest absolute Gasteiger partial charge is 0.480 e. The van der Waals surface area contributed by atoms with Crippen LogP contribution in [0.1, 0.15) is 17.0 Å². The molecule has 21 heavy (non-hydrogen) atoms. The first kappa shape index (κ1) is 13.1. The van der Waals surface area contributed by atoms with Crippen molar-refractivity contribution in [2.45, 2.75) is 18.9 Å². The van der Waals surface area contributed by atoms with Gasteiger partial charge in [-0.1, -0.05) is 0 Å². The molecule has 4 rings (SSSR count). The van der Waals surface area contributed by atoms with Gasteiger partial charge in [-0.05, 0) is 30.5 Å². The van der Waals surface area contributed by atoms with Gasteiger partial charge in [-0.3, -0.25) is 4.99 Å². The number of aromatic nitrogens is 1. The number of nitrogens with one attached hydrogen (secondary N) is 1. The lowest BCUT2D eigenvalue weighted by atomic mass is 10.0. The van der Waals surface area contributed by atoms with E-state index in [2.05, 4.69) is 21.4 Å². The molecule has 0 saturated carbocycles. The van der Waals surface area contributed by atoms with E-state index in [1.807, 2.05) is 6.07 Å². The van der Waals surface area contributed by atoms with Crippen LogP contribution in [0.5, 0.6) is 0 Å². The third-order valence-electron chi connectivity index (χ3n) is 3.70. The predicted octanol–water partition coefficient (Wildman–Crippen LogP) is 2.60. The molecular weight excluding hydrogens is 306 g/mol. The van der Waals surface area contributed by atoms with Crippen molar-refractivity contribution in [2.75, 3.05) is 17.6 Å². The Kier molecular flexibility index (Phi) is 3.11. The van der Waals surface area contributed by atoms with Crippen LogP contribution in [-0.4, -0.2) is 39.4 Å². The molecule has 3 heterocycles. The van der Waals surface area contributed by atoms with Gasteiger partial charge in [0, 0.05) is 18.0 Å². The van der Waals surface area contributed by atoms with Crippen molar-refractivity contribution in [3.8, 4) is 0 Å². The highest BCUT2D eigenvalue weighted by Crippen LogP contribution is 2.36. The van der Waals surface area contributed by atoms with Crippen molar-refractivity contribution in [3.05, 3.63) is 22.7 Å². The average Bonchev–Trinajstić information content (AvgIpc) is 3.13. The van der Waals surface area contributed by atoms with Crippen LogP contribution in [0, 0.1) is 0 Å². The van der Waals surface area contributed by atoms with E-state index in [1.54, 1.807) is 11.3 Å². The summed E-state index contributed by atoms with van der Waals surface area (Å²) in [6.45, 7) is 1.02. The molecule has 0 amide bonds. The molecule has 108 valence electrons. The molecule has 0 aliphatic carbocycles. The number of benzene rings is 1. The molecule has 2 N–H and O–H groups in total. The Balaban J connectivity index is 1.78. The van der Waals surface area contributed by atoms with Crippen LogP contribution in [0.3, 0.4) is 0 Å². The summed E-state index contributed by atoms with van der Waals surface area (Å²) in [5, 5.41) is 14.1. The zero-order chi connectivity index (χ0) is 14.4. The summed E-state index contributed by atoms with van der Waals surface area (Å²) in [7, 11) is 0. The molecule has 0 spiro atoms. The highest BCUT2D eigenvalue weighted by Gasteiger charge is 2.27. The molecule has 1 aromatic carbocycles. The fraction of sp³-hybridized carbons (Fsp3) is 0.357. The number of hydrogen-bond donors (Lipinski definition) is 2. The lowest BCUT2D eigenvalue weighted by Crippen LogP contribution is -2.17. The van der Waals surface area contributed by atoms with Gasteiger partial charge in [0.05, 0.1) is 10.2 Å². The molecule has 0 fully saturated rings. The van der Waals surface area contributed by atoms with Gasteiger partial charge in [-0.2, -0.15) is 0 Å². The second kappa shape index (κ2) is 4.99. The maximum absolute atomic E-state index is 11.0. The molecule has 1 atom stereocenters. The van der Waals surface area contributed by atoms with Crippen LogP contribution in [0.15, 0.2) is 17.1 Å². The normalized spacial score (nSPS) is 21.0. The lowest BCUT2D eigenvalue weighted by Gasteiger charge is -2.17. The molecule has 7 heteroatoms. The van der Waals surface area contributed by atoms with Crippen molar-refractivity contribution >= 4 is 50.0 Å². The number of carboxylic acids is 1. The Labute approximate surface area is 129 Å². The summed E-state index contributed by atoms with van der Waals surface area (Å²) in [4.78, 5) is 19.9. The monoisotopic (exact) mass is 319 g/mol. The van der Waals surface area contributed by atoms with E-state index in [0.717, 1.165) is 35.0 Å². The number of nitrogens with zero attached hydrogens (tertiary/aromatic N) is 2. The number of aliphatic imine (C=N–C) groups is 1. The van der Waals surface area contributed by atoms with E-state index in [1.165, 1.54) is 27.7 Å². The standard InChI is InChI=1S/C14H13N3O2S2/c18-14(19)10-6-20-12(17-10)13-16-9-4-3-8-7(11(9)21-13)2-1-5-15-8/h3-4,10,15H,1-2,5-6H2,(H,18,19)/t10-/m1/s1. The number of aryl methyl sites for hydroxylation is 1. The van der Waals surface area contributed by atoms with Crippen molar-refractivity contribution in [2.24, 2.45) is 4.99 Å². The first-order valence-electron chi connectivity index (χ1n) is 6.82. The van der Waals surface area contributed by atoms with Crippen LogP contribution >= 0.6 is 23.1 Å². The summed E-state index contributed by atoms with van der Waals surface area (Å²) in [5.41, 5.74) is 3.52. The van der Waals surface area contributed by atoms with E-state index in [4.69, 9.17) is 5.11 Å². The van der Waals surface area contributed by atoms with Gasteiger partial charge >= 0.3 is 5.97 Å². The fourth-order valence-corrected chi connectivity index (χ4v) is 4.89. The summed E-state index contributed by atoms with van der Waals surface area (Å²) in [6, 6.07) is 3.48. The van der Waals surface area contributed by atoms with E-state index in [0.29, 0.717) is 5.75 Å². The first-order chi connectivity index (χ1) is 10.2. The van der Waals surface area contributed by atoms with Crippen molar-refractivity contribution in [1.82, 2.24) is 4.98 Å². The van der Waals surface area contributed by atoms with Crippen molar-refractivity contribution in [3.63, 3.8) is 0 Å². The van der Waals surface area contributed by atoms with Gasteiger partial charge in [0.1, 0.15) is 10.1 Å². The number of aliphatic carboxylic acids is 1. The number of rotatable bonds is 2. The summed E-state index contributed by atoms with van der Waals surface area (Å²) in [5.74, 6) is -0.361. The number of anilines is 1. The Morgan fingerprint density at radius 2 is 2.33 bits per heavy atom. The number of carbonyl (C=O) groups is 1. The molecule has 0 unspecified atom stereocenters. The third-order valence-corrected chi connectivity index (χ3v) is 6.02. The minimum absolute atomic E-state index is 0.500. The van der Waals surface area contributed by atoms with E-state index < -0.39 is 12.0 Å². The van der Waals surface area contributed by atoms with Gasteiger partial charge in [-0.15, -0.1) is 23.1 Å². The molecule has 0 bridgehead atoms. The minimum Gasteiger partial charge on any atom is -0.480 e. The van der Waals surface area contributed by atoms with Gasteiger partial charge in [-0.25, -0.2) is 9.78 Å². The second-order valence-electron chi connectivity index (χ2n) is 5.09. The SMILES string of the molecule is O=C(O)[C@H]1CSC(c2nc3ccc4c(c3s2)CCCN4)=N1. The van der Waals surface area contributed by atoms with Crippen LogP contribution in [-0.2, 0) is 11.2 Å². The zero-order valence-corrected chi connectivity index (χ0v) is 12.8. The smallest absolute Gasteiger partial charge is 0.329 e. The third kappa shape index (κ3) is 2.20. The molecule has 1 aromatic heterocycles. The van der Waals surface area contributed by atoms with Gasteiger partial charge in [0.15, 0.2) is 6.04 Å². The van der Waals surface area contributed by atoms with Crippen molar-refractivity contribution < 1.29 is 9.90 Å². The maximum atomic E-state index is 11.0. The molecule has 2 aromatic rings. The molecular formula is C14H13N3O2S2. The maximum Gasteiger partial charge on any atom is 0.329 e. The highest BCUT2D eigenvalue weighted by molar-refractivity contribution is 8.15. The van der Waals surface area contributed by atoms with E-state index in [-0.39, 0.29) is 0 Å². The Hall–Kier alpha value is -1.60. The van der Waals surface area contributed by atoms with E-state index in [9.17, 15) is 4.79 Å².